The fraction of sp³-hybridized carbons (Fsp3) is 0.909. The summed E-state index contributed by atoms with van der Waals surface area (Å²) in [5, 5.41) is 0. The Morgan fingerprint density at radius 3 is 2.59 bits per heavy atom. The smallest absolute Gasteiger partial charge is 0.323 e. The third-order valence-electron chi connectivity index (χ3n) is 3.49. The van der Waals surface area contributed by atoms with Crippen LogP contribution in [-0.2, 0) is 19.4 Å². The SMILES string of the molecule is COC(=O)C(C1CC1)N1CCCS(=O)(=O)CC1. The number of esters is 1. The highest BCUT2D eigenvalue weighted by atomic mass is 32.2. The highest BCUT2D eigenvalue weighted by Gasteiger charge is 2.41. The Balaban J connectivity index is 2.06. The summed E-state index contributed by atoms with van der Waals surface area (Å²) in [5.41, 5.74) is 0. The van der Waals surface area contributed by atoms with E-state index in [9.17, 15) is 13.2 Å². The minimum atomic E-state index is -2.92. The lowest BCUT2D eigenvalue weighted by atomic mass is 10.1. The molecule has 1 atom stereocenters. The average Bonchev–Trinajstić information content (AvgIpc) is 3.09. The van der Waals surface area contributed by atoms with Crippen molar-refractivity contribution < 1.29 is 17.9 Å². The van der Waals surface area contributed by atoms with Gasteiger partial charge in [0.1, 0.15) is 6.04 Å². The molecule has 0 aromatic heterocycles. The van der Waals surface area contributed by atoms with Crippen LogP contribution < -0.4 is 0 Å². The van der Waals surface area contributed by atoms with Crippen molar-refractivity contribution in [2.45, 2.75) is 25.3 Å². The van der Waals surface area contributed by atoms with E-state index in [-0.39, 0.29) is 23.5 Å². The Hall–Kier alpha value is -0.620. The van der Waals surface area contributed by atoms with Crippen LogP contribution in [0.5, 0.6) is 0 Å². The van der Waals surface area contributed by atoms with Crippen LogP contribution in [0.3, 0.4) is 0 Å². The lowest BCUT2D eigenvalue weighted by molar-refractivity contribution is -0.147. The number of hydrogen-bond acceptors (Lipinski definition) is 5. The van der Waals surface area contributed by atoms with Gasteiger partial charge in [-0.05, 0) is 31.7 Å². The van der Waals surface area contributed by atoms with Crippen molar-refractivity contribution in [3.63, 3.8) is 0 Å². The van der Waals surface area contributed by atoms with Crippen LogP contribution in [0.15, 0.2) is 0 Å². The van der Waals surface area contributed by atoms with E-state index in [4.69, 9.17) is 4.74 Å². The zero-order valence-electron chi connectivity index (χ0n) is 10.1. The lowest BCUT2D eigenvalue weighted by Crippen LogP contribution is -2.44. The minimum Gasteiger partial charge on any atom is -0.468 e. The molecule has 1 saturated carbocycles. The maximum atomic E-state index is 11.8. The number of rotatable bonds is 3. The topological polar surface area (TPSA) is 63.7 Å². The lowest BCUT2D eigenvalue weighted by Gasteiger charge is -2.27. The highest BCUT2D eigenvalue weighted by molar-refractivity contribution is 7.91. The Morgan fingerprint density at radius 1 is 1.29 bits per heavy atom. The summed E-state index contributed by atoms with van der Waals surface area (Å²) < 4.78 is 27.9. The van der Waals surface area contributed by atoms with Crippen LogP contribution in [0.2, 0.25) is 0 Å². The molecular formula is C11H19NO4S. The van der Waals surface area contributed by atoms with Gasteiger partial charge in [0.05, 0.1) is 18.6 Å². The first-order valence-electron chi connectivity index (χ1n) is 6.06. The Labute approximate surface area is 102 Å². The number of nitrogens with zero attached hydrogens (tertiary/aromatic N) is 1. The summed E-state index contributed by atoms with van der Waals surface area (Å²) in [6.45, 7) is 1.13. The molecule has 0 N–H and O–H groups in total. The van der Waals surface area contributed by atoms with Gasteiger partial charge in [-0.15, -0.1) is 0 Å². The summed E-state index contributed by atoms with van der Waals surface area (Å²) in [7, 11) is -1.52. The van der Waals surface area contributed by atoms with Crippen LogP contribution in [0.4, 0.5) is 0 Å². The van der Waals surface area contributed by atoms with Gasteiger partial charge in [0.25, 0.3) is 0 Å². The minimum absolute atomic E-state index is 0.160. The molecule has 0 spiro atoms. The molecule has 1 aliphatic heterocycles. The number of carbonyl (C=O) groups excluding carboxylic acids is 1. The van der Waals surface area contributed by atoms with E-state index in [2.05, 4.69) is 0 Å². The molecule has 5 nitrogen and oxygen atoms in total. The van der Waals surface area contributed by atoms with Crippen molar-refractivity contribution in [1.29, 1.82) is 0 Å². The normalized spacial score (nSPS) is 27.1. The average molecular weight is 261 g/mol. The summed E-state index contributed by atoms with van der Waals surface area (Å²) in [4.78, 5) is 13.7. The number of methoxy groups -OCH3 is 1. The van der Waals surface area contributed by atoms with Crippen molar-refractivity contribution in [2.75, 3.05) is 31.7 Å². The summed E-state index contributed by atoms with van der Waals surface area (Å²) in [5.74, 6) is 0.546. The monoisotopic (exact) mass is 261 g/mol. The Morgan fingerprint density at radius 2 is 2.00 bits per heavy atom. The Bertz CT molecular complexity index is 388. The van der Waals surface area contributed by atoms with E-state index in [1.165, 1.54) is 7.11 Å². The van der Waals surface area contributed by atoms with Gasteiger partial charge in [0, 0.05) is 6.54 Å². The van der Waals surface area contributed by atoms with Crippen LogP contribution >= 0.6 is 0 Å². The molecular weight excluding hydrogens is 242 g/mol. The molecule has 98 valence electrons. The molecule has 0 aromatic rings. The Kier molecular flexibility index (Phi) is 3.73. The number of sulfone groups is 1. The number of carbonyl (C=O) groups is 1. The molecule has 0 aromatic carbocycles. The molecule has 17 heavy (non-hydrogen) atoms. The quantitative estimate of drug-likeness (QED) is 0.672. The van der Waals surface area contributed by atoms with Crippen LogP contribution in [0, 0.1) is 5.92 Å². The van der Waals surface area contributed by atoms with Gasteiger partial charge in [0.2, 0.25) is 0 Å². The first-order valence-corrected chi connectivity index (χ1v) is 7.88. The zero-order chi connectivity index (χ0) is 12.5. The fourth-order valence-electron chi connectivity index (χ4n) is 2.41. The van der Waals surface area contributed by atoms with Gasteiger partial charge in [0.15, 0.2) is 9.84 Å². The van der Waals surface area contributed by atoms with Crippen molar-refractivity contribution in [1.82, 2.24) is 4.90 Å². The molecule has 2 aliphatic rings. The molecule has 0 radical (unpaired) electrons. The highest BCUT2D eigenvalue weighted by Crippen LogP contribution is 2.36. The third kappa shape index (κ3) is 3.19. The van der Waals surface area contributed by atoms with Gasteiger partial charge in [-0.3, -0.25) is 9.69 Å². The molecule has 0 bridgehead atoms. The van der Waals surface area contributed by atoms with E-state index in [1.54, 1.807) is 0 Å². The fourth-order valence-corrected chi connectivity index (χ4v) is 3.69. The molecule has 0 amide bonds. The molecule has 2 fully saturated rings. The molecule has 1 unspecified atom stereocenters. The molecule has 1 aliphatic carbocycles. The molecule has 2 rings (SSSR count). The predicted molar refractivity (Wildman–Crippen MR) is 63.4 cm³/mol. The maximum Gasteiger partial charge on any atom is 0.323 e. The van der Waals surface area contributed by atoms with Gasteiger partial charge in [-0.25, -0.2) is 8.42 Å². The van der Waals surface area contributed by atoms with E-state index in [0.29, 0.717) is 25.4 Å². The van der Waals surface area contributed by atoms with E-state index < -0.39 is 9.84 Å². The summed E-state index contributed by atoms with van der Waals surface area (Å²) in [6.07, 6.45) is 2.70. The molecule has 1 saturated heterocycles. The first kappa shape index (κ1) is 12.8. The van der Waals surface area contributed by atoms with E-state index >= 15 is 0 Å². The third-order valence-corrected chi connectivity index (χ3v) is 5.21. The number of ether oxygens (including phenoxy) is 1. The van der Waals surface area contributed by atoms with Crippen LogP contribution in [-0.4, -0.2) is 57.0 Å². The molecule has 6 heteroatoms. The van der Waals surface area contributed by atoms with E-state index in [1.807, 2.05) is 4.90 Å². The van der Waals surface area contributed by atoms with Crippen molar-refractivity contribution >= 4 is 15.8 Å². The zero-order valence-corrected chi connectivity index (χ0v) is 10.9. The maximum absolute atomic E-state index is 11.8. The second-order valence-corrected chi connectivity index (χ2v) is 7.15. The van der Waals surface area contributed by atoms with Gasteiger partial charge >= 0.3 is 5.97 Å². The van der Waals surface area contributed by atoms with Gasteiger partial charge in [-0.1, -0.05) is 0 Å². The van der Waals surface area contributed by atoms with Crippen LogP contribution in [0.25, 0.3) is 0 Å². The summed E-state index contributed by atoms with van der Waals surface area (Å²) >= 11 is 0. The van der Waals surface area contributed by atoms with Crippen molar-refractivity contribution in [2.24, 2.45) is 5.92 Å². The van der Waals surface area contributed by atoms with E-state index in [0.717, 1.165) is 12.8 Å². The predicted octanol–water partition coefficient (Wildman–Crippen LogP) is 0.0585. The largest absolute Gasteiger partial charge is 0.468 e. The second kappa shape index (κ2) is 4.94. The van der Waals surface area contributed by atoms with Crippen molar-refractivity contribution in [3.05, 3.63) is 0 Å². The molecule has 1 heterocycles. The van der Waals surface area contributed by atoms with Crippen molar-refractivity contribution in [3.8, 4) is 0 Å². The van der Waals surface area contributed by atoms with Gasteiger partial charge < -0.3 is 4.74 Å². The first-order chi connectivity index (χ1) is 8.03. The van der Waals surface area contributed by atoms with Crippen LogP contribution in [0.1, 0.15) is 19.3 Å². The van der Waals surface area contributed by atoms with Gasteiger partial charge in [-0.2, -0.15) is 0 Å². The summed E-state index contributed by atoms with van der Waals surface area (Å²) in [6, 6.07) is -0.228. The number of hydrogen-bond donors (Lipinski definition) is 0. The standard InChI is InChI=1S/C11H19NO4S/c1-16-11(13)10(9-3-4-9)12-5-2-7-17(14,15)8-6-12/h9-10H,2-8H2,1H3. The second-order valence-electron chi connectivity index (χ2n) is 4.85.